The second kappa shape index (κ2) is 10.2. The molecule has 26 heavy (non-hydrogen) atoms. The zero-order valence-electron chi connectivity index (χ0n) is 13.6. The second-order valence-corrected chi connectivity index (χ2v) is 5.14. The zero-order chi connectivity index (χ0) is 17.7. The number of nitrogens with two attached hydrogens (primary N) is 1. The van der Waals surface area contributed by atoms with E-state index < -0.39 is 11.7 Å². The van der Waals surface area contributed by atoms with Gasteiger partial charge in [0.25, 0.3) is 0 Å². The molecule has 0 saturated heterocycles. The van der Waals surface area contributed by atoms with Gasteiger partial charge in [0.05, 0.1) is 17.4 Å². The number of anilines is 1. The number of amides is 1. The number of carbonyl (C=O) groups is 1. The van der Waals surface area contributed by atoms with Gasteiger partial charge >= 0.3 is 6.18 Å². The molecule has 10 heteroatoms. The molecule has 2 aromatic rings. The van der Waals surface area contributed by atoms with E-state index in [2.05, 4.69) is 10.3 Å². The van der Waals surface area contributed by atoms with Gasteiger partial charge in [-0.25, -0.2) is 4.98 Å². The van der Waals surface area contributed by atoms with Gasteiger partial charge in [0.2, 0.25) is 11.8 Å². The van der Waals surface area contributed by atoms with Crippen molar-refractivity contribution in [2.75, 3.05) is 11.9 Å². The van der Waals surface area contributed by atoms with Crippen molar-refractivity contribution >= 4 is 36.4 Å². The molecule has 0 aliphatic heterocycles. The van der Waals surface area contributed by atoms with Gasteiger partial charge in [-0.1, -0.05) is 6.92 Å². The topological polar surface area (TPSA) is 77.2 Å². The molecule has 1 aromatic carbocycles. The number of rotatable bonds is 5. The SMILES string of the molecule is CC(CN)C(=O)Nc1ccc(Oc2ccc(C(F)(F)F)cc2)nc1.Cl.Cl. The lowest BCUT2D eigenvalue weighted by Gasteiger charge is -2.11. The first-order valence-corrected chi connectivity index (χ1v) is 7.11. The molecule has 0 radical (unpaired) electrons. The molecule has 0 aliphatic rings. The number of hydrogen-bond acceptors (Lipinski definition) is 4. The van der Waals surface area contributed by atoms with Gasteiger partial charge in [-0.05, 0) is 30.3 Å². The molecule has 1 unspecified atom stereocenters. The zero-order valence-corrected chi connectivity index (χ0v) is 15.3. The van der Waals surface area contributed by atoms with Crippen LogP contribution in [-0.2, 0) is 11.0 Å². The number of alkyl halides is 3. The molecule has 0 bridgehead atoms. The number of aromatic nitrogens is 1. The van der Waals surface area contributed by atoms with E-state index >= 15 is 0 Å². The van der Waals surface area contributed by atoms with Gasteiger partial charge in [-0.2, -0.15) is 13.2 Å². The Bertz CT molecular complexity index is 695. The van der Waals surface area contributed by atoms with Crippen LogP contribution >= 0.6 is 24.8 Å². The Morgan fingerprint density at radius 2 is 1.81 bits per heavy atom. The van der Waals surface area contributed by atoms with E-state index in [1.54, 1.807) is 13.0 Å². The quantitative estimate of drug-likeness (QED) is 0.769. The summed E-state index contributed by atoms with van der Waals surface area (Å²) in [5.74, 6) is -0.132. The van der Waals surface area contributed by atoms with Crippen molar-refractivity contribution in [3.05, 3.63) is 48.2 Å². The van der Waals surface area contributed by atoms with Crippen LogP contribution < -0.4 is 15.8 Å². The second-order valence-electron chi connectivity index (χ2n) is 5.14. The van der Waals surface area contributed by atoms with Gasteiger partial charge in [-0.3, -0.25) is 4.79 Å². The Hall–Kier alpha value is -2.03. The highest BCUT2D eigenvalue weighted by Gasteiger charge is 2.30. The monoisotopic (exact) mass is 411 g/mol. The van der Waals surface area contributed by atoms with E-state index in [4.69, 9.17) is 10.5 Å². The van der Waals surface area contributed by atoms with E-state index in [1.165, 1.54) is 24.4 Å². The summed E-state index contributed by atoms with van der Waals surface area (Å²) >= 11 is 0. The van der Waals surface area contributed by atoms with Crippen LogP contribution in [0.25, 0.3) is 0 Å². The van der Waals surface area contributed by atoms with E-state index in [9.17, 15) is 18.0 Å². The van der Waals surface area contributed by atoms with Crippen molar-refractivity contribution in [2.24, 2.45) is 11.7 Å². The van der Waals surface area contributed by atoms with Crippen molar-refractivity contribution in [3.63, 3.8) is 0 Å². The fourth-order valence-electron chi connectivity index (χ4n) is 1.72. The Morgan fingerprint density at radius 1 is 1.19 bits per heavy atom. The first-order chi connectivity index (χ1) is 11.3. The van der Waals surface area contributed by atoms with Crippen molar-refractivity contribution in [1.29, 1.82) is 0 Å². The number of carbonyl (C=O) groups excluding carboxylic acids is 1. The van der Waals surface area contributed by atoms with Crippen LogP contribution in [0.15, 0.2) is 42.6 Å². The molecule has 1 heterocycles. The number of ether oxygens (including phenoxy) is 1. The highest BCUT2D eigenvalue weighted by Crippen LogP contribution is 2.31. The average Bonchev–Trinajstić information content (AvgIpc) is 2.55. The summed E-state index contributed by atoms with van der Waals surface area (Å²) in [4.78, 5) is 15.7. The largest absolute Gasteiger partial charge is 0.439 e. The average molecular weight is 412 g/mol. The first-order valence-electron chi connectivity index (χ1n) is 7.11. The summed E-state index contributed by atoms with van der Waals surface area (Å²) in [6.45, 7) is 1.93. The van der Waals surface area contributed by atoms with Crippen LogP contribution in [-0.4, -0.2) is 17.4 Å². The van der Waals surface area contributed by atoms with Crippen LogP contribution in [0.5, 0.6) is 11.6 Å². The predicted octanol–water partition coefficient (Wildman–Crippen LogP) is 4.27. The molecule has 0 saturated carbocycles. The highest BCUT2D eigenvalue weighted by molar-refractivity contribution is 5.92. The summed E-state index contributed by atoms with van der Waals surface area (Å²) in [5.41, 5.74) is 5.12. The van der Waals surface area contributed by atoms with Crippen LogP contribution in [0.1, 0.15) is 12.5 Å². The number of benzene rings is 1. The van der Waals surface area contributed by atoms with Crippen LogP contribution in [0.3, 0.4) is 0 Å². The molecular formula is C16H18Cl2F3N3O2. The minimum Gasteiger partial charge on any atom is -0.439 e. The number of nitrogens with zero attached hydrogens (tertiary/aromatic N) is 1. The van der Waals surface area contributed by atoms with Crippen LogP contribution in [0.2, 0.25) is 0 Å². The molecule has 2 rings (SSSR count). The standard InChI is InChI=1S/C16H16F3N3O2.2ClH/c1-10(8-20)15(23)22-12-4-7-14(21-9-12)24-13-5-2-11(3-6-13)16(17,18)19;;/h2-7,9-10H,8,20H2,1H3,(H,22,23);2*1H. The summed E-state index contributed by atoms with van der Waals surface area (Å²) in [6, 6.07) is 7.36. The Kier molecular flexibility index (Phi) is 9.40. The molecule has 5 nitrogen and oxygen atoms in total. The third kappa shape index (κ3) is 6.70. The molecule has 3 N–H and O–H groups in total. The lowest BCUT2D eigenvalue weighted by molar-refractivity contribution is -0.137. The maximum atomic E-state index is 12.5. The third-order valence-electron chi connectivity index (χ3n) is 3.21. The number of nitrogens with one attached hydrogen (secondary N) is 1. The highest BCUT2D eigenvalue weighted by atomic mass is 35.5. The van der Waals surface area contributed by atoms with E-state index in [0.717, 1.165) is 12.1 Å². The van der Waals surface area contributed by atoms with Crippen molar-refractivity contribution in [3.8, 4) is 11.6 Å². The molecule has 0 fully saturated rings. The fraction of sp³-hybridized carbons (Fsp3) is 0.250. The number of pyridine rings is 1. The van der Waals surface area contributed by atoms with Gasteiger partial charge in [-0.15, -0.1) is 24.8 Å². The van der Waals surface area contributed by atoms with Gasteiger partial charge in [0.1, 0.15) is 5.75 Å². The van der Waals surface area contributed by atoms with E-state index in [0.29, 0.717) is 5.69 Å². The van der Waals surface area contributed by atoms with Crippen molar-refractivity contribution in [1.82, 2.24) is 4.98 Å². The van der Waals surface area contributed by atoms with Gasteiger partial charge in [0, 0.05) is 18.5 Å². The summed E-state index contributed by atoms with van der Waals surface area (Å²) < 4.78 is 42.8. The van der Waals surface area contributed by atoms with Crippen LogP contribution in [0, 0.1) is 5.92 Å². The smallest absolute Gasteiger partial charge is 0.416 e. The molecule has 144 valence electrons. The maximum absolute atomic E-state index is 12.5. The lowest BCUT2D eigenvalue weighted by Crippen LogP contribution is -2.26. The third-order valence-corrected chi connectivity index (χ3v) is 3.21. The Balaban J connectivity index is 0.00000312. The lowest BCUT2D eigenvalue weighted by atomic mass is 10.1. The van der Waals surface area contributed by atoms with Crippen LogP contribution in [0.4, 0.5) is 18.9 Å². The summed E-state index contributed by atoms with van der Waals surface area (Å²) in [6.07, 6.45) is -3.00. The Labute approximate surface area is 161 Å². The van der Waals surface area contributed by atoms with Gasteiger partial charge in [0.15, 0.2) is 0 Å². The first kappa shape index (κ1) is 24.0. The normalized spacial score (nSPS) is 11.6. The maximum Gasteiger partial charge on any atom is 0.416 e. The van der Waals surface area contributed by atoms with E-state index in [-0.39, 0.29) is 54.8 Å². The number of hydrogen-bond donors (Lipinski definition) is 2. The molecule has 1 aromatic heterocycles. The van der Waals surface area contributed by atoms with Crippen molar-refractivity contribution < 1.29 is 22.7 Å². The molecular weight excluding hydrogens is 394 g/mol. The summed E-state index contributed by atoms with van der Waals surface area (Å²) in [7, 11) is 0. The molecule has 1 amide bonds. The fourth-order valence-corrected chi connectivity index (χ4v) is 1.72. The molecule has 0 aliphatic carbocycles. The molecule has 1 atom stereocenters. The minimum absolute atomic E-state index is 0. The Morgan fingerprint density at radius 3 is 2.27 bits per heavy atom. The van der Waals surface area contributed by atoms with Crippen molar-refractivity contribution in [2.45, 2.75) is 13.1 Å². The predicted molar refractivity (Wildman–Crippen MR) is 97.1 cm³/mol. The van der Waals surface area contributed by atoms with Gasteiger partial charge < -0.3 is 15.8 Å². The minimum atomic E-state index is -4.39. The molecule has 0 spiro atoms. The summed E-state index contributed by atoms with van der Waals surface area (Å²) in [5, 5.41) is 2.65. The van der Waals surface area contributed by atoms with E-state index in [1.807, 2.05) is 0 Å². The number of halogens is 5.